The van der Waals surface area contributed by atoms with Crippen LogP contribution in [0.4, 0.5) is 17.1 Å². The molecule has 1 heterocycles. The first-order valence-electron chi connectivity index (χ1n) is 8.28. The van der Waals surface area contributed by atoms with E-state index in [2.05, 4.69) is 5.32 Å². The van der Waals surface area contributed by atoms with E-state index in [4.69, 9.17) is 0 Å². The van der Waals surface area contributed by atoms with Gasteiger partial charge in [-0.25, -0.2) is 0 Å². The number of rotatable bonds is 3. The molecule has 1 aliphatic rings. The molecule has 7 heteroatoms. The number of hydrogen-bond donors (Lipinski definition) is 2. The van der Waals surface area contributed by atoms with Gasteiger partial charge in [0.2, 0.25) is 0 Å². The predicted molar refractivity (Wildman–Crippen MR) is 101 cm³/mol. The third-order valence-electron chi connectivity index (χ3n) is 4.47. The lowest BCUT2D eigenvalue weighted by Gasteiger charge is -2.38. The fourth-order valence-electron chi connectivity index (χ4n) is 3.20. The van der Waals surface area contributed by atoms with Gasteiger partial charge in [0.15, 0.2) is 5.75 Å². The minimum atomic E-state index is -0.658. The van der Waals surface area contributed by atoms with Crippen LogP contribution in [0.5, 0.6) is 5.75 Å². The van der Waals surface area contributed by atoms with E-state index in [1.165, 1.54) is 12.1 Å². The first-order valence-corrected chi connectivity index (χ1v) is 8.28. The van der Waals surface area contributed by atoms with Crippen LogP contribution in [0.1, 0.15) is 22.1 Å². The number of benzene rings is 3. The van der Waals surface area contributed by atoms with Crippen LogP contribution in [-0.2, 0) is 0 Å². The minimum absolute atomic E-state index is 0.212. The van der Waals surface area contributed by atoms with E-state index in [0.29, 0.717) is 22.5 Å². The molecule has 1 aliphatic heterocycles. The zero-order valence-electron chi connectivity index (χ0n) is 14.1. The van der Waals surface area contributed by atoms with Crippen molar-refractivity contribution in [2.75, 3.05) is 10.2 Å². The Bertz CT molecular complexity index is 1040. The fourth-order valence-corrected chi connectivity index (χ4v) is 3.20. The van der Waals surface area contributed by atoms with Crippen LogP contribution in [0.25, 0.3) is 0 Å². The maximum absolute atomic E-state index is 13.2. The van der Waals surface area contributed by atoms with Gasteiger partial charge in [0.25, 0.3) is 5.91 Å². The first-order chi connectivity index (χ1) is 13.1. The molecule has 0 bridgehead atoms. The minimum Gasteiger partial charge on any atom is -0.502 e. The molecule has 1 amide bonds. The average molecular weight is 361 g/mol. The molecule has 0 aliphatic carbocycles. The van der Waals surface area contributed by atoms with Crippen LogP contribution in [0.3, 0.4) is 0 Å². The van der Waals surface area contributed by atoms with Gasteiger partial charge < -0.3 is 10.4 Å². The zero-order valence-corrected chi connectivity index (χ0v) is 14.1. The first kappa shape index (κ1) is 16.6. The summed E-state index contributed by atoms with van der Waals surface area (Å²) >= 11 is 0. The predicted octanol–water partition coefficient (Wildman–Crippen LogP) is 4.07. The lowest BCUT2D eigenvalue weighted by Crippen LogP contribution is -2.43. The summed E-state index contributed by atoms with van der Waals surface area (Å²) in [5.74, 6) is -0.631. The zero-order chi connectivity index (χ0) is 19.0. The molecule has 0 radical (unpaired) electrons. The third kappa shape index (κ3) is 2.85. The van der Waals surface area contributed by atoms with Gasteiger partial charge in [0.05, 0.1) is 10.5 Å². The fraction of sp³-hybridized carbons (Fsp3) is 0.0500. The molecule has 0 fully saturated rings. The van der Waals surface area contributed by atoms with E-state index in [1.807, 2.05) is 24.3 Å². The quantitative estimate of drug-likeness (QED) is 0.541. The summed E-state index contributed by atoms with van der Waals surface area (Å²) in [5.41, 5.74) is 1.91. The summed E-state index contributed by atoms with van der Waals surface area (Å²) < 4.78 is 0. The van der Waals surface area contributed by atoms with Gasteiger partial charge in [-0.05, 0) is 30.3 Å². The molecule has 1 atom stereocenters. The summed E-state index contributed by atoms with van der Waals surface area (Å²) in [6.07, 6.45) is -0.658. The number of nitro groups is 1. The van der Waals surface area contributed by atoms with Crippen molar-refractivity contribution in [3.63, 3.8) is 0 Å². The molecular weight excluding hydrogens is 346 g/mol. The number of fused-ring (bicyclic) bond motifs is 1. The summed E-state index contributed by atoms with van der Waals surface area (Å²) in [6.45, 7) is 0. The summed E-state index contributed by atoms with van der Waals surface area (Å²) in [6, 6.07) is 20.3. The van der Waals surface area contributed by atoms with Gasteiger partial charge in [-0.15, -0.1) is 0 Å². The van der Waals surface area contributed by atoms with Crippen molar-refractivity contribution in [1.82, 2.24) is 0 Å². The van der Waals surface area contributed by atoms with Crippen molar-refractivity contribution in [2.24, 2.45) is 0 Å². The standard InChI is InChI=1S/C20H15N3O4/c24-18-11-10-13(12-17(18)23(26)27)19-21-16-9-5-4-8-15(16)20(25)22(19)14-6-2-1-3-7-14/h1-12,19,21,24H/t19-/m0/s1. The number of phenols is 1. The number of anilines is 2. The van der Waals surface area contributed by atoms with Crippen molar-refractivity contribution in [2.45, 2.75) is 6.17 Å². The molecule has 3 aromatic carbocycles. The van der Waals surface area contributed by atoms with Crippen LogP contribution in [0, 0.1) is 10.1 Å². The smallest absolute Gasteiger partial charge is 0.311 e. The molecule has 2 N–H and O–H groups in total. The molecule has 4 rings (SSSR count). The number of carbonyl (C=O) groups excluding carboxylic acids is 1. The molecule has 0 saturated carbocycles. The number of nitrogens with one attached hydrogen (secondary N) is 1. The van der Waals surface area contributed by atoms with E-state index >= 15 is 0 Å². The van der Waals surface area contributed by atoms with Gasteiger partial charge in [0, 0.05) is 23.0 Å². The van der Waals surface area contributed by atoms with Gasteiger partial charge in [-0.2, -0.15) is 0 Å². The van der Waals surface area contributed by atoms with E-state index in [9.17, 15) is 20.0 Å². The molecule has 0 unspecified atom stereocenters. The molecule has 0 aromatic heterocycles. The van der Waals surface area contributed by atoms with Gasteiger partial charge in [0.1, 0.15) is 6.17 Å². The number of aromatic hydroxyl groups is 1. The molecule has 0 spiro atoms. The number of para-hydroxylation sites is 2. The highest BCUT2D eigenvalue weighted by Gasteiger charge is 2.34. The molecule has 0 saturated heterocycles. The van der Waals surface area contributed by atoms with Gasteiger partial charge in [-0.3, -0.25) is 19.8 Å². The maximum atomic E-state index is 13.2. The monoisotopic (exact) mass is 361 g/mol. The molecular formula is C20H15N3O4. The molecule has 3 aromatic rings. The number of carbonyl (C=O) groups is 1. The number of nitrogens with zero attached hydrogens (tertiary/aromatic N) is 2. The number of amides is 1. The highest BCUT2D eigenvalue weighted by Crippen LogP contribution is 2.38. The van der Waals surface area contributed by atoms with Crippen molar-refractivity contribution in [3.8, 4) is 5.75 Å². The summed E-state index contributed by atoms with van der Waals surface area (Å²) in [7, 11) is 0. The maximum Gasteiger partial charge on any atom is 0.311 e. The van der Waals surface area contributed by atoms with Gasteiger partial charge >= 0.3 is 5.69 Å². The second-order valence-electron chi connectivity index (χ2n) is 6.11. The number of phenolic OH excluding ortho intramolecular Hbond substituents is 1. The highest BCUT2D eigenvalue weighted by atomic mass is 16.6. The molecule has 27 heavy (non-hydrogen) atoms. The number of nitro benzene ring substituents is 1. The van der Waals surface area contributed by atoms with E-state index < -0.39 is 22.5 Å². The highest BCUT2D eigenvalue weighted by molar-refractivity contribution is 6.12. The Kier molecular flexibility index (Phi) is 3.97. The van der Waals surface area contributed by atoms with Crippen molar-refractivity contribution in [1.29, 1.82) is 0 Å². The number of hydrogen-bond acceptors (Lipinski definition) is 5. The summed E-state index contributed by atoms with van der Waals surface area (Å²) in [5, 5.41) is 24.2. The molecule has 7 nitrogen and oxygen atoms in total. The Morgan fingerprint density at radius 3 is 2.44 bits per heavy atom. The third-order valence-corrected chi connectivity index (χ3v) is 4.47. The second kappa shape index (κ2) is 6.45. The average Bonchev–Trinajstić information content (AvgIpc) is 2.69. The Labute approximate surface area is 154 Å². The van der Waals surface area contributed by atoms with E-state index in [0.717, 1.165) is 0 Å². The largest absolute Gasteiger partial charge is 0.502 e. The molecule has 134 valence electrons. The Hall–Kier alpha value is -3.87. The van der Waals surface area contributed by atoms with Crippen LogP contribution in [0.2, 0.25) is 0 Å². The lowest BCUT2D eigenvalue weighted by atomic mass is 10.0. The SMILES string of the molecule is O=C1c2ccccc2N[C@H](c2ccc(O)c([N+](=O)[O-])c2)N1c1ccccc1. The topological polar surface area (TPSA) is 95.7 Å². The van der Waals surface area contributed by atoms with Crippen LogP contribution in [-0.4, -0.2) is 15.9 Å². The van der Waals surface area contributed by atoms with Crippen LogP contribution >= 0.6 is 0 Å². The van der Waals surface area contributed by atoms with Crippen LogP contribution in [0.15, 0.2) is 72.8 Å². The van der Waals surface area contributed by atoms with E-state index in [1.54, 1.807) is 41.3 Å². The Morgan fingerprint density at radius 2 is 1.70 bits per heavy atom. The van der Waals surface area contributed by atoms with Crippen molar-refractivity contribution >= 4 is 23.0 Å². The van der Waals surface area contributed by atoms with Crippen LogP contribution < -0.4 is 10.2 Å². The Balaban J connectivity index is 1.88. The normalized spacial score (nSPS) is 15.8. The van der Waals surface area contributed by atoms with E-state index in [-0.39, 0.29) is 5.91 Å². The Morgan fingerprint density at radius 1 is 1.00 bits per heavy atom. The van der Waals surface area contributed by atoms with Crippen molar-refractivity contribution < 1.29 is 14.8 Å². The van der Waals surface area contributed by atoms with Crippen molar-refractivity contribution in [3.05, 3.63) is 94.0 Å². The second-order valence-corrected chi connectivity index (χ2v) is 6.11. The summed E-state index contributed by atoms with van der Waals surface area (Å²) in [4.78, 5) is 25.3. The lowest BCUT2D eigenvalue weighted by molar-refractivity contribution is -0.385. The van der Waals surface area contributed by atoms with Gasteiger partial charge in [-0.1, -0.05) is 36.4 Å².